The van der Waals surface area contributed by atoms with E-state index in [1.165, 1.54) is 11.1 Å². The van der Waals surface area contributed by atoms with Crippen molar-refractivity contribution in [2.24, 2.45) is 0 Å². The number of H-pyrrole nitrogens is 1. The van der Waals surface area contributed by atoms with Gasteiger partial charge in [0.25, 0.3) is 0 Å². The fraction of sp³-hybridized carbons (Fsp3) is 0.458. The maximum atomic E-state index is 12.0. The molecule has 0 radical (unpaired) electrons. The van der Waals surface area contributed by atoms with Crippen molar-refractivity contribution in [1.29, 1.82) is 0 Å². The second-order valence-corrected chi connectivity index (χ2v) is 12.6. The molecule has 2 aliphatic rings. The Balaban J connectivity index is 1.36. The van der Waals surface area contributed by atoms with Gasteiger partial charge >= 0.3 is 0 Å². The molecule has 5 heterocycles. The normalized spacial score (nSPS) is 19.8. The van der Waals surface area contributed by atoms with Crippen LogP contribution in [0.5, 0.6) is 0 Å². The van der Waals surface area contributed by atoms with E-state index in [4.69, 9.17) is 14.7 Å². The monoisotopic (exact) mass is 527 g/mol. The molecule has 2 saturated heterocycles. The quantitative estimate of drug-likeness (QED) is 0.408. The summed E-state index contributed by atoms with van der Waals surface area (Å²) in [6, 6.07) is 8.39. The smallest absolute Gasteiger partial charge is 0.211 e. The van der Waals surface area contributed by atoms with E-state index in [9.17, 15) is 8.42 Å². The predicted octanol–water partition coefficient (Wildman–Crippen LogP) is 2.54. The van der Waals surface area contributed by atoms with Crippen LogP contribution in [0.15, 0.2) is 30.5 Å². The van der Waals surface area contributed by atoms with Gasteiger partial charge in [0.05, 0.1) is 41.4 Å². The van der Waals surface area contributed by atoms with Crippen LogP contribution in [0.3, 0.4) is 0 Å². The third-order valence-electron chi connectivity index (χ3n) is 7.06. The number of sulfonamides is 1. The fourth-order valence-electron chi connectivity index (χ4n) is 5.06. The number of likely N-dealkylation sites (N-methyl/N-ethyl adjacent to an activating group) is 1. The van der Waals surface area contributed by atoms with Crippen molar-refractivity contribution in [2.75, 3.05) is 57.6 Å². The van der Waals surface area contributed by atoms with E-state index >= 15 is 0 Å². The molecule has 36 heavy (non-hydrogen) atoms. The Bertz CT molecular complexity index is 1510. The molecule has 10 nitrogen and oxygen atoms in total. The first-order valence-electron chi connectivity index (χ1n) is 12.1. The van der Waals surface area contributed by atoms with Crippen molar-refractivity contribution < 1.29 is 13.2 Å². The SMILES string of the molecule is CN(Cc1cc2nc(-c3cccc4[nH]ncc34)nc(N3CCOCC3)c2s1)C1CCN(S(C)(=O)=O)C1. The van der Waals surface area contributed by atoms with Gasteiger partial charge in [0.1, 0.15) is 0 Å². The van der Waals surface area contributed by atoms with E-state index in [0.717, 1.165) is 58.6 Å². The lowest BCUT2D eigenvalue weighted by molar-refractivity contribution is 0.122. The van der Waals surface area contributed by atoms with Crippen molar-refractivity contribution in [2.45, 2.75) is 19.0 Å². The number of nitrogens with one attached hydrogen (secondary N) is 1. The molecule has 1 atom stereocenters. The number of thiophene rings is 1. The molecule has 12 heteroatoms. The number of hydrogen-bond donors (Lipinski definition) is 1. The van der Waals surface area contributed by atoms with Crippen molar-refractivity contribution in [3.05, 3.63) is 35.3 Å². The second-order valence-electron chi connectivity index (χ2n) is 9.51. The number of rotatable bonds is 6. The molecule has 190 valence electrons. The maximum Gasteiger partial charge on any atom is 0.211 e. The number of ether oxygens (including phenoxy) is 1. The van der Waals surface area contributed by atoms with Gasteiger partial charge in [-0.2, -0.15) is 5.10 Å². The Morgan fingerprint density at radius 3 is 2.83 bits per heavy atom. The number of hydrogen-bond acceptors (Lipinski definition) is 9. The molecule has 0 amide bonds. The molecule has 0 spiro atoms. The fourth-order valence-corrected chi connectivity index (χ4v) is 7.12. The van der Waals surface area contributed by atoms with Crippen LogP contribution in [0.25, 0.3) is 32.5 Å². The Kier molecular flexibility index (Phi) is 6.16. The molecular weight excluding hydrogens is 498 g/mol. The summed E-state index contributed by atoms with van der Waals surface area (Å²) in [5, 5.41) is 8.23. The summed E-state index contributed by atoms with van der Waals surface area (Å²) < 4.78 is 32.2. The van der Waals surface area contributed by atoms with Gasteiger partial charge in [0.2, 0.25) is 10.0 Å². The van der Waals surface area contributed by atoms with E-state index in [2.05, 4.69) is 33.1 Å². The summed E-state index contributed by atoms with van der Waals surface area (Å²) in [5.41, 5.74) is 2.84. The molecular formula is C24H29N7O3S2. The molecule has 1 N–H and O–H groups in total. The molecule has 6 rings (SSSR count). The first-order chi connectivity index (χ1) is 17.4. The highest BCUT2D eigenvalue weighted by molar-refractivity contribution is 7.88. The number of morpholine rings is 1. The summed E-state index contributed by atoms with van der Waals surface area (Å²) in [5.74, 6) is 1.63. The average Bonchev–Trinajstić information content (AvgIpc) is 3.62. The lowest BCUT2D eigenvalue weighted by Crippen LogP contribution is -2.36. The van der Waals surface area contributed by atoms with E-state index in [-0.39, 0.29) is 6.04 Å². The van der Waals surface area contributed by atoms with Crippen molar-refractivity contribution in [3.8, 4) is 11.4 Å². The molecule has 2 fully saturated rings. The van der Waals surface area contributed by atoms with Crippen molar-refractivity contribution in [1.82, 2.24) is 29.4 Å². The highest BCUT2D eigenvalue weighted by Gasteiger charge is 2.31. The average molecular weight is 528 g/mol. The van der Waals surface area contributed by atoms with Gasteiger partial charge in [-0.25, -0.2) is 22.7 Å². The summed E-state index contributed by atoms with van der Waals surface area (Å²) in [4.78, 5) is 15.8. The van der Waals surface area contributed by atoms with E-state index in [1.807, 2.05) is 24.4 Å². The van der Waals surface area contributed by atoms with Crippen LogP contribution in [-0.4, -0.2) is 96.5 Å². The molecule has 1 aromatic carbocycles. The minimum atomic E-state index is -3.15. The van der Waals surface area contributed by atoms with Gasteiger partial charge in [-0.05, 0) is 25.6 Å². The Morgan fingerprint density at radius 1 is 1.22 bits per heavy atom. The third kappa shape index (κ3) is 4.48. The summed E-state index contributed by atoms with van der Waals surface area (Å²) in [6.45, 7) is 4.79. The summed E-state index contributed by atoms with van der Waals surface area (Å²) in [7, 11) is -1.08. The van der Waals surface area contributed by atoms with Crippen LogP contribution in [0.1, 0.15) is 11.3 Å². The van der Waals surface area contributed by atoms with Gasteiger partial charge in [0, 0.05) is 54.6 Å². The van der Waals surface area contributed by atoms with Gasteiger partial charge < -0.3 is 9.64 Å². The Labute approximate surface area is 213 Å². The Hall–Kier alpha value is -2.64. The van der Waals surface area contributed by atoms with Crippen LogP contribution in [0, 0.1) is 0 Å². The van der Waals surface area contributed by atoms with Crippen LogP contribution < -0.4 is 4.90 Å². The largest absolute Gasteiger partial charge is 0.378 e. The molecule has 2 aliphatic heterocycles. The number of anilines is 1. The first kappa shape index (κ1) is 23.7. The molecule has 4 aromatic rings. The van der Waals surface area contributed by atoms with E-state index in [0.29, 0.717) is 32.1 Å². The van der Waals surface area contributed by atoms with Crippen LogP contribution in [0.2, 0.25) is 0 Å². The lowest BCUT2D eigenvalue weighted by atomic mass is 10.1. The number of nitrogens with zero attached hydrogens (tertiary/aromatic N) is 6. The molecule has 0 bridgehead atoms. The highest BCUT2D eigenvalue weighted by Crippen LogP contribution is 2.36. The zero-order valence-electron chi connectivity index (χ0n) is 20.3. The third-order valence-corrected chi connectivity index (χ3v) is 9.44. The zero-order valence-corrected chi connectivity index (χ0v) is 22.0. The standard InChI is InChI=1S/C24H29N7O3S2/c1-29(16-6-7-31(14-16)36(2,32)33)15-17-12-21-22(35-17)24(30-8-10-34-11-9-30)27-23(26-21)18-4-3-5-20-19(18)13-25-28-20/h3-5,12-13,16H,6-11,14-15H2,1-2H3,(H,25,28). The Morgan fingerprint density at radius 2 is 2.06 bits per heavy atom. The molecule has 0 saturated carbocycles. The number of fused-ring (bicyclic) bond motifs is 2. The van der Waals surface area contributed by atoms with Gasteiger partial charge in [-0.1, -0.05) is 12.1 Å². The van der Waals surface area contributed by atoms with Gasteiger partial charge in [-0.3, -0.25) is 10.00 Å². The van der Waals surface area contributed by atoms with Gasteiger partial charge in [0.15, 0.2) is 11.6 Å². The van der Waals surface area contributed by atoms with Crippen LogP contribution in [0.4, 0.5) is 5.82 Å². The van der Waals surface area contributed by atoms with Crippen molar-refractivity contribution >= 4 is 48.3 Å². The number of aromatic amines is 1. The zero-order chi connectivity index (χ0) is 24.9. The predicted molar refractivity (Wildman–Crippen MR) is 142 cm³/mol. The molecule has 1 unspecified atom stereocenters. The summed E-state index contributed by atoms with van der Waals surface area (Å²) in [6.07, 6.45) is 3.95. The van der Waals surface area contributed by atoms with Crippen LogP contribution in [-0.2, 0) is 21.3 Å². The second kappa shape index (κ2) is 9.34. The maximum absolute atomic E-state index is 12.0. The highest BCUT2D eigenvalue weighted by atomic mass is 32.2. The lowest BCUT2D eigenvalue weighted by Gasteiger charge is -2.28. The first-order valence-corrected chi connectivity index (χ1v) is 14.7. The van der Waals surface area contributed by atoms with Crippen molar-refractivity contribution in [3.63, 3.8) is 0 Å². The summed E-state index contributed by atoms with van der Waals surface area (Å²) >= 11 is 1.72. The minimum Gasteiger partial charge on any atom is -0.378 e. The molecule has 3 aromatic heterocycles. The number of aromatic nitrogens is 4. The van der Waals surface area contributed by atoms with E-state index in [1.54, 1.807) is 15.6 Å². The minimum absolute atomic E-state index is 0.198. The van der Waals surface area contributed by atoms with Crippen LogP contribution >= 0.6 is 11.3 Å². The molecule has 0 aliphatic carbocycles. The topological polar surface area (TPSA) is 108 Å². The van der Waals surface area contributed by atoms with E-state index < -0.39 is 10.0 Å². The van der Waals surface area contributed by atoms with Gasteiger partial charge in [-0.15, -0.1) is 11.3 Å². The number of benzene rings is 1.